The average molecular weight is 416 g/mol. The number of methoxy groups -OCH3 is 1. The molecule has 0 saturated carbocycles. The van der Waals surface area contributed by atoms with Crippen molar-refractivity contribution in [2.24, 2.45) is 0 Å². The Labute approximate surface area is 174 Å². The fourth-order valence-corrected chi connectivity index (χ4v) is 2.90. The molecule has 0 aliphatic heterocycles. The highest BCUT2D eigenvalue weighted by Crippen LogP contribution is 2.21. The molecule has 0 bridgehead atoms. The van der Waals surface area contributed by atoms with Gasteiger partial charge in [-0.05, 0) is 48.9 Å². The maximum Gasteiger partial charge on any atom is 0.263 e. The van der Waals surface area contributed by atoms with Crippen LogP contribution in [0.15, 0.2) is 53.1 Å². The van der Waals surface area contributed by atoms with Crippen LogP contribution in [0.5, 0.6) is 11.5 Å². The maximum absolute atomic E-state index is 12.8. The van der Waals surface area contributed by atoms with Crippen LogP contribution in [-0.4, -0.2) is 41.2 Å². The second-order valence-electron chi connectivity index (χ2n) is 6.41. The zero-order valence-electron chi connectivity index (χ0n) is 16.5. The van der Waals surface area contributed by atoms with Crippen molar-refractivity contribution in [2.45, 2.75) is 26.0 Å². The molecule has 3 rings (SSSR count). The molecule has 29 heavy (non-hydrogen) atoms. The van der Waals surface area contributed by atoms with Crippen LogP contribution in [0.25, 0.3) is 11.4 Å². The molecule has 1 unspecified atom stereocenters. The number of aromatic nitrogens is 2. The number of nitrogens with zero attached hydrogens (tertiary/aromatic N) is 3. The van der Waals surface area contributed by atoms with E-state index in [1.807, 2.05) is 31.2 Å². The van der Waals surface area contributed by atoms with Crippen LogP contribution in [0.1, 0.15) is 19.2 Å². The molecule has 1 aromatic heterocycles. The molecule has 3 aromatic rings. The number of ether oxygens (including phenoxy) is 2. The predicted molar refractivity (Wildman–Crippen MR) is 109 cm³/mol. The van der Waals surface area contributed by atoms with Gasteiger partial charge in [0.15, 0.2) is 6.10 Å². The van der Waals surface area contributed by atoms with Crippen LogP contribution in [-0.2, 0) is 11.3 Å². The van der Waals surface area contributed by atoms with E-state index in [9.17, 15) is 4.79 Å². The lowest BCUT2D eigenvalue weighted by Crippen LogP contribution is -2.39. The molecule has 1 heterocycles. The number of hydrogen-bond acceptors (Lipinski definition) is 6. The van der Waals surface area contributed by atoms with E-state index >= 15 is 0 Å². The molecule has 0 saturated heterocycles. The summed E-state index contributed by atoms with van der Waals surface area (Å²) < 4.78 is 16.3. The summed E-state index contributed by atoms with van der Waals surface area (Å²) >= 11 is 5.98. The smallest absolute Gasteiger partial charge is 0.263 e. The van der Waals surface area contributed by atoms with Gasteiger partial charge >= 0.3 is 0 Å². The van der Waals surface area contributed by atoms with E-state index in [-0.39, 0.29) is 12.5 Å². The first kappa shape index (κ1) is 20.7. The molecule has 152 valence electrons. The average Bonchev–Trinajstić information content (AvgIpc) is 3.20. The second kappa shape index (κ2) is 9.43. The van der Waals surface area contributed by atoms with E-state index < -0.39 is 6.10 Å². The van der Waals surface area contributed by atoms with Crippen LogP contribution in [0.3, 0.4) is 0 Å². The number of hydrogen-bond donors (Lipinski definition) is 0. The van der Waals surface area contributed by atoms with E-state index in [1.54, 1.807) is 38.4 Å². The summed E-state index contributed by atoms with van der Waals surface area (Å²) in [6, 6.07) is 14.3. The monoisotopic (exact) mass is 415 g/mol. The Kier molecular flexibility index (Phi) is 6.72. The van der Waals surface area contributed by atoms with Gasteiger partial charge in [-0.15, -0.1) is 0 Å². The molecule has 1 amide bonds. The summed E-state index contributed by atoms with van der Waals surface area (Å²) in [6.07, 6.45) is -0.126. The van der Waals surface area contributed by atoms with Crippen molar-refractivity contribution >= 4 is 17.5 Å². The third-order valence-corrected chi connectivity index (χ3v) is 4.52. The minimum Gasteiger partial charge on any atom is -0.497 e. The zero-order valence-corrected chi connectivity index (χ0v) is 17.2. The van der Waals surface area contributed by atoms with Crippen molar-refractivity contribution in [3.8, 4) is 22.9 Å². The van der Waals surface area contributed by atoms with E-state index in [0.717, 1.165) is 11.3 Å². The van der Waals surface area contributed by atoms with Gasteiger partial charge in [-0.3, -0.25) is 4.79 Å². The van der Waals surface area contributed by atoms with Gasteiger partial charge in [0.1, 0.15) is 11.5 Å². The summed E-state index contributed by atoms with van der Waals surface area (Å²) in [4.78, 5) is 18.7. The Balaban J connectivity index is 1.64. The summed E-state index contributed by atoms with van der Waals surface area (Å²) in [5.41, 5.74) is 0.797. The van der Waals surface area contributed by atoms with Crippen molar-refractivity contribution in [1.82, 2.24) is 15.0 Å². The number of amides is 1. The number of rotatable bonds is 8. The van der Waals surface area contributed by atoms with Crippen molar-refractivity contribution in [2.75, 3.05) is 14.2 Å². The molecule has 8 heteroatoms. The van der Waals surface area contributed by atoms with E-state index in [1.165, 1.54) is 4.90 Å². The van der Waals surface area contributed by atoms with Gasteiger partial charge in [0.05, 0.1) is 13.7 Å². The third kappa shape index (κ3) is 5.26. The highest BCUT2D eigenvalue weighted by Gasteiger charge is 2.24. The molecule has 7 nitrogen and oxygen atoms in total. The number of likely N-dealkylation sites (N-methyl/N-ethyl adjacent to an activating group) is 1. The number of carbonyl (C=O) groups is 1. The van der Waals surface area contributed by atoms with Gasteiger partial charge in [-0.25, -0.2) is 0 Å². The fraction of sp³-hybridized carbons (Fsp3) is 0.286. The van der Waals surface area contributed by atoms with Gasteiger partial charge in [-0.1, -0.05) is 29.7 Å². The quantitative estimate of drug-likeness (QED) is 0.548. The molecule has 0 aliphatic rings. The maximum atomic E-state index is 12.8. The van der Waals surface area contributed by atoms with Crippen LogP contribution >= 0.6 is 11.6 Å². The Morgan fingerprint density at radius 1 is 1.21 bits per heavy atom. The Bertz CT molecular complexity index is 959. The summed E-state index contributed by atoms with van der Waals surface area (Å²) in [6.45, 7) is 2.06. The Morgan fingerprint density at radius 2 is 1.97 bits per heavy atom. The SMILES string of the molecule is CCC(Oc1cccc(Cl)c1)C(=O)N(C)Cc1nc(-c2ccc(OC)cc2)no1. The van der Waals surface area contributed by atoms with Crippen LogP contribution in [0.2, 0.25) is 5.02 Å². The highest BCUT2D eigenvalue weighted by molar-refractivity contribution is 6.30. The van der Waals surface area contributed by atoms with Crippen molar-refractivity contribution in [3.63, 3.8) is 0 Å². The summed E-state index contributed by atoms with van der Waals surface area (Å²) in [7, 11) is 3.28. The Hall–Kier alpha value is -3.06. The van der Waals surface area contributed by atoms with E-state index in [0.29, 0.717) is 28.9 Å². The molecule has 0 fully saturated rings. The lowest BCUT2D eigenvalue weighted by Gasteiger charge is -2.22. The molecule has 0 N–H and O–H groups in total. The second-order valence-corrected chi connectivity index (χ2v) is 6.84. The van der Waals surface area contributed by atoms with Gasteiger partial charge in [0, 0.05) is 17.6 Å². The Morgan fingerprint density at radius 3 is 2.62 bits per heavy atom. The number of benzene rings is 2. The highest BCUT2D eigenvalue weighted by atomic mass is 35.5. The molecular formula is C21H22ClN3O4. The van der Waals surface area contributed by atoms with Crippen molar-refractivity contribution in [1.29, 1.82) is 0 Å². The predicted octanol–water partition coefficient (Wildman–Crippen LogP) is 4.21. The first-order valence-corrected chi connectivity index (χ1v) is 9.52. The molecule has 0 spiro atoms. The minimum absolute atomic E-state index is 0.178. The lowest BCUT2D eigenvalue weighted by molar-refractivity contribution is -0.138. The van der Waals surface area contributed by atoms with Crippen LogP contribution in [0, 0.1) is 0 Å². The standard InChI is InChI=1S/C21H22ClN3O4/c1-4-18(28-17-7-5-6-15(22)12-17)21(26)25(2)13-19-23-20(24-29-19)14-8-10-16(27-3)11-9-14/h5-12,18H,4,13H2,1-3H3. The van der Waals surface area contributed by atoms with Gasteiger partial charge in [-0.2, -0.15) is 4.98 Å². The summed E-state index contributed by atoms with van der Waals surface area (Å²) in [5.74, 6) is 1.89. The third-order valence-electron chi connectivity index (χ3n) is 4.29. The first-order valence-electron chi connectivity index (χ1n) is 9.14. The topological polar surface area (TPSA) is 77.7 Å². The zero-order chi connectivity index (χ0) is 20.8. The fourth-order valence-electron chi connectivity index (χ4n) is 2.72. The molecule has 0 aliphatic carbocycles. The van der Waals surface area contributed by atoms with Crippen LogP contribution in [0.4, 0.5) is 0 Å². The van der Waals surface area contributed by atoms with E-state index in [2.05, 4.69) is 10.1 Å². The van der Waals surface area contributed by atoms with Gasteiger partial charge in [0.25, 0.3) is 5.91 Å². The van der Waals surface area contributed by atoms with Gasteiger partial charge in [0.2, 0.25) is 11.7 Å². The molecular weight excluding hydrogens is 394 g/mol. The van der Waals surface area contributed by atoms with E-state index in [4.69, 9.17) is 25.6 Å². The van der Waals surface area contributed by atoms with Crippen molar-refractivity contribution in [3.05, 3.63) is 59.4 Å². The summed E-state index contributed by atoms with van der Waals surface area (Å²) in [5, 5.41) is 4.54. The normalized spacial score (nSPS) is 11.7. The largest absolute Gasteiger partial charge is 0.497 e. The molecule has 2 aromatic carbocycles. The van der Waals surface area contributed by atoms with Gasteiger partial charge < -0.3 is 18.9 Å². The number of halogens is 1. The van der Waals surface area contributed by atoms with Crippen molar-refractivity contribution < 1.29 is 18.8 Å². The van der Waals surface area contributed by atoms with Crippen LogP contribution < -0.4 is 9.47 Å². The first-order chi connectivity index (χ1) is 14.0. The number of carbonyl (C=O) groups excluding carboxylic acids is 1. The molecule has 0 radical (unpaired) electrons. The molecule has 1 atom stereocenters. The lowest BCUT2D eigenvalue weighted by atomic mass is 10.2. The minimum atomic E-state index is -0.637.